The fourth-order valence-electron chi connectivity index (χ4n) is 4.52. The molecule has 0 radical (unpaired) electrons. The number of carbonyl (C=O) groups is 4. The fraction of sp³-hybridized carbons (Fsp3) is 0.474. The third-order valence-corrected chi connectivity index (χ3v) is 6.12. The van der Waals surface area contributed by atoms with Crippen LogP contribution in [0.25, 0.3) is 0 Å². The number of hydrogen-bond acceptors (Lipinski definition) is 4. The van der Waals surface area contributed by atoms with Crippen LogP contribution in [0.1, 0.15) is 30.1 Å². The van der Waals surface area contributed by atoms with Crippen molar-refractivity contribution in [3.8, 4) is 0 Å². The van der Waals surface area contributed by atoms with E-state index >= 15 is 0 Å². The molecule has 3 N–H and O–H groups in total. The summed E-state index contributed by atoms with van der Waals surface area (Å²) in [6, 6.07) is 6.87. The second-order valence-corrected chi connectivity index (χ2v) is 7.63. The molecule has 136 valence electrons. The molecule has 4 rings (SSSR count). The van der Waals surface area contributed by atoms with E-state index in [1.54, 1.807) is 36.1 Å². The molecule has 7 heteroatoms. The van der Waals surface area contributed by atoms with Crippen molar-refractivity contribution < 1.29 is 19.2 Å². The number of Topliss-reactive ketones (excluding diaryl/α,β-unsaturated/α-hetero) is 1. The number of anilines is 1. The number of rotatable bonds is 2. The fourth-order valence-corrected chi connectivity index (χ4v) is 4.52. The number of piperidine rings is 1. The van der Waals surface area contributed by atoms with Crippen molar-refractivity contribution in [3.05, 3.63) is 29.8 Å². The molecule has 1 saturated carbocycles. The Morgan fingerprint density at radius 3 is 2.73 bits per heavy atom. The van der Waals surface area contributed by atoms with Crippen LogP contribution in [0.3, 0.4) is 0 Å². The largest absolute Gasteiger partial charge is 0.369 e. The van der Waals surface area contributed by atoms with E-state index in [0.717, 1.165) is 0 Å². The molecule has 2 unspecified atom stereocenters. The molecule has 2 aliphatic heterocycles. The smallest absolute Gasteiger partial charge is 0.229 e. The van der Waals surface area contributed by atoms with Crippen molar-refractivity contribution in [1.29, 1.82) is 0 Å². The van der Waals surface area contributed by atoms with Crippen LogP contribution in [-0.4, -0.2) is 41.5 Å². The first-order chi connectivity index (χ1) is 12.4. The number of benzene rings is 1. The van der Waals surface area contributed by atoms with Gasteiger partial charge < -0.3 is 16.0 Å². The van der Waals surface area contributed by atoms with Gasteiger partial charge in [-0.05, 0) is 25.0 Å². The third kappa shape index (κ3) is 2.26. The predicted octanol–water partition coefficient (Wildman–Crippen LogP) is 0.798. The monoisotopic (exact) mass is 355 g/mol. The van der Waals surface area contributed by atoms with Crippen molar-refractivity contribution >= 4 is 29.2 Å². The van der Waals surface area contributed by atoms with Crippen molar-refractivity contribution in [2.45, 2.75) is 19.8 Å². The Kier molecular flexibility index (Phi) is 3.64. The van der Waals surface area contributed by atoms with Gasteiger partial charge in [0.25, 0.3) is 0 Å². The number of ketones is 1. The van der Waals surface area contributed by atoms with Gasteiger partial charge in [-0.15, -0.1) is 0 Å². The van der Waals surface area contributed by atoms with Crippen LogP contribution in [0.5, 0.6) is 0 Å². The summed E-state index contributed by atoms with van der Waals surface area (Å²) < 4.78 is 0. The van der Waals surface area contributed by atoms with Gasteiger partial charge in [0.2, 0.25) is 17.7 Å². The zero-order valence-corrected chi connectivity index (χ0v) is 14.5. The summed E-state index contributed by atoms with van der Waals surface area (Å²) in [6.45, 7) is 2.48. The number of nitrogens with zero attached hydrogens (tertiary/aromatic N) is 1. The maximum atomic E-state index is 13.1. The molecule has 2 fully saturated rings. The summed E-state index contributed by atoms with van der Waals surface area (Å²) in [7, 11) is 0. The minimum atomic E-state index is -1.03. The number of primary amides is 1. The maximum absolute atomic E-state index is 13.1. The average Bonchev–Trinajstić information content (AvgIpc) is 3.29. The maximum Gasteiger partial charge on any atom is 0.229 e. The molecule has 0 bridgehead atoms. The number of likely N-dealkylation sites (tertiary alicyclic amines) is 1. The molecule has 1 aliphatic carbocycles. The highest BCUT2D eigenvalue weighted by atomic mass is 16.2. The first-order valence-corrected chi connectivity index (χ1v) is 8.88. The van der Waals surface area contributed by atoms with E-state index in [0.29, 0.717) is 30.6 Å². The molecule has 7 nitrogen and oxygen atoms in total. The Labute approximate surface area is 150 Å². The molecule has 3 aliphatic rings. The van der Waals surface area contributed by atoms with Gasteiger partial charge in [0.05, 0.1) is 28.9 Å². The van der Waals surface area contributed by atoms with Crippen molar-refractivity contribution in [2.24, 2.45) is 28.9 Å². The van der Waals surface area contributed by atoms with E-state index in [4.69, 9.17) is 5.73 Å². The highest BCUT2D eigenvalue weighted by Crippen LogP contribution is 2.63. The molecule has 1 aromatic rings. The van der Waals surface area contributed by atoms with Gasteiger partial charge in [-0.25, -0.2) is 0 Å². The highest BCUT2D eigenvalue weighted by Gasteiger charge is 2.74. The molecule has 0 aromatic heterocycles. The van der Waals surface area contributed by atoms with Gasteiger partial charge in [0.1, 0.15) is 0 Å². The lowest BCUT2D eigenvalue weighted by molar-refractivity contribution is -0.137. The molecular formula is C19H21N3O4. The summed E-state index contributed by atoms with van der Waals surface area (Å²) in [4.78, 5) is 51.8. The number of fused-ring (bicyclic) bond motifs is 2. The van der Waals surface area contributed by atoms with Crippen LogP contribution in [0.2, 0.25) is 0 Å². The van der Waals surface area contributed by atoms with Crippen LogP contribution in [0.4, 0.5) is 5.69 Å². The Hall–Kier alpha value is -2.70. The summed E-state index contributed by atoms with van der Waals surface area (Å²) in [5.41, 5.74) is 5.29. The Bertz CT molecular complexity index is 836. The zero-order valence-electron chi connectivity index (χ0n) is 14.5. The van der Waals surface area contributed by atoms with Crippen LogP contribution >= 0.6 is 0 Å². The lowest BCUT2D eigenvalue weighted by Crippen LogP contribution is -2.45. The van der Waals surface area contributed by atoms with Gasteiger partial charge in [0, 0.05) is 18.7 Å². The van der Waals surface area contributed by atoms with Gasteiger partial charge in [-0.1, -0.05) is 19.1 Å². The first kappa shape index (κ1) is 16.8. The first-order valence-electron chi connectivity index (χ1n) is 8.88. The second kappa shape index (κ2) is 5.65. The molecule has 2 heterocycles. The minimum absolute atomic E-state index is 0.182. The quantitative estimate of drug-likeness (QED) is 0.817. The Morgan fingerprint density at radius 2 is 2.00 bits per heavy atom. The van der Waals surface area contributed by atoms with Crippen molar-refractivity contribution in [2.75, 3.05) is 18.4 Å². The number of carbonyl (C=O) groups excluding carboxylic acids is 4. The highest BCUT2D eigenvalue weighted by molar-refractivity contribution is 6.19. The standard InChI is InChI=1S/C19H21N3O4/c1-19-13(17(25)21-12-7-3-2-6-11(12)15(19)23)14(19)18(26)22-8-4-5-10(9-22)16(20)24/h2-3,6-7,10,13-14H,4-5,8-9H2,1H3,(H2,20,24)(H,21,25)/t10?,13?,14-,19-/m0/s1. The average molecular weight is 355 g/mol. The van der Waals surface area contributed by atoms with Crippen molar-refractivity contribution in [1.82, 2.24) is 4.90 Å². The normalized spacial score (nSPS) is 32.8. The summed E-state index contributed by atoms with van der Waals surface area (Å²) in [5, 5.41) is 2.78. The molecule has 0 spiro atoms. The van der Waals surface area contributed by atoms with Gasteiger partial charge in [0.15, 0.2) is 5.78 Å². The molecule has 1 aromatic carbocycles. The van der Waals surface area contributed by atoms with Crippen LogP contribution < -0.4 is 11.1 Å². The lowest BCUT2D eigenvalue weighted by Gasteiger charge is -2.32. The summed E-state index contributed by atoms with van der Waals surface area (Å²) in [5.74, 6) is -2.85. The number of nitrogens with one attached hydrogen (secondary N) is 1. The Balaban J connectivity index is 1.62. The number of para-hydroxylation sites is 1. The van der Waals surface area contributed by atoms with E-state index in [1.807, 2.05) is 0 Å². The van der Waals surface area contributed by atoms with E-state index in [9.17, 15) is 19.2 Å². The van der Waals surface area contributed by atoms with E-state index in [-0.39, 0.29) is 30.1 Å². The van der Waals surface area contributed by atoms with Gasteiger partial charge in [-0.2, -0.15) is 0 Å². The summed E-state index contributed by atoms with van der Waals surface area (Å²) >= 11 is 0. The van der Waals surface area contributed by atoms with Gasteiger partial charge >= 0.3 is 0 Å². The zero-order chi connectivity index (χ0) is 18.6. The topological polar surface area (TPSA) is 110 Å². The van der Waals surface area contributed by atoms with Crippen molar-refractivity contribution in [3.63, 3.8) is 0 Å². The van der Waals surface area contributed by atoms with Gasteiger partial charge in [-0.3, -0.25) is 19.2 Å². The Morgan fingerprint density at radius 1 is 1.27 bits per heavy atom. The van der Waals surface area contributed by atoms with Crippen LogP contribution in [0.15, 0.2) is 24.3 Å². The van der Waals surface area contributed by atoms with E-state index < -0.39 is 23.2 Å². The molecule has 4 atom stereocenters. The SMILES string of the molecule is C[C@]12C(=O)c3ccccc3NC(=O)C1[C@H]2C(=O)N1CCCC(C(N)=O)C1. The number of hydrogen-bond donors (Lipinski definition) is 2. The number of amides is 3. The summed E-state index contributed by atoms with van der Waals surface area (Å²) in [6.07, 6.45) is 1.35. The molecule has 1 saturated heterocycles. The lowest BCUT2D eigenvalue weighted by atomic mass is 9.91. The number of nitrogens with two attached hydrogens (primary N) is 1. The molecule has 26 heavy (non-hydrogen) atoms. The van der Waals surface area contributed by atoms with E-state index in [2.05, 4.69) is 5.32 Å². The minimum Gasteiger partial charge on any atom is -0.369 e. The predicted molar refractivity (Wildman–Crippen MR) is 93.0 cm³/mol. The van der Waals surface area contributed by atoms with Crippen LogP contribution in [-0.2, 0) is 14.4 Å². The van der Waals surface area contributed by atoms with E-state index in [1.165, 1.54) is 0 Å². The third-order valence-electron chi connectivity index (χ3n) is 6.12. The van der Waals surface area contributed by atoms with Crippen LogP contribution in [0, 0.1) is 23.2 Å². The molecule has 3 amide bonds. The molecular weight excluding hydrogens is 334 g/mol. The second-order valence-electron chi connectivity index (χ2n) is 7.63.